The van der Waals surface area contributed by atoms with E-state index in [2.05, 4.69) is 42.5 Å². The van der Waals surface area contributed by atoms with Crippen molar-refractivity contribution in [3.8, 4) is 11.1 Å². The van der Waals surface area contributed by atoms with Crippen molar-refractivity contribution in [3.05, 3.63) is 88.7 Å². The number of fused-ring (bicyclic) bond motifs is 1. The Bertz CT molecular complexity index is 1050. The molecule has 0 saturated carbocycles. The average Bonchev–Trinajstić information content (AvgIpc) is 2.78. The van der Waals surface area contributed by atoms with Crippen molar-refractivity contribution in [2.75, 3.05) is 7.11 Å². The lowest BCUT2D eigenvalue weighted by Gasteiger charge is -2.25. The fourth-order valence-electron chi connectivity index (χ4n) is 4.15. The van der Waals surface area contributed by atoms with E-state index in [1.165, 1.54) is 18.2 Å². The number of carbonyl (C=O) groups excluding carboxylic acids is 1. The highest BCUT2D eigenvalue weighted by Gasteiger charge is 2.28. The molecule has 1 aliphatic rings. The van der Waals surface area contributed by atoms with E-state index in [1.807, 2.05) is 31.2 Å². The summed E-state index contributed by atoms with van der Waals surface area (Å²) in [6.07, 6.45) is 5.85. The fourth-order valence-corrected chi connectivity index (χ4v) is 4.15. The SMILES string of the molecule is CCc1nc2c(c(-c3ccccc3)c1C(=O)OC)CCC/C2=C\c1ccccc1. The molecule has 1 aromatic heterocycles. The summed E-state index contributed by atoms with van der Waals surface area (Å²) in [5.74, 6) is -0.310. The number of nitrogens with zero attached hydrogens (tertiary/aromatic N) is 1. The van der Waals surface area contributed by atoms with Crippen LogP contribution >= 0.6 is 0 Å². The number of aromatic nitrogens is 1. The van der Waals surface area contributed by atoms with Gasteiger partial charge in [0.1, 0.15) is 0 Å². The van der Waals surface area contributed by atoms with Gasteiger partial charge in [0.2, 0.25) is 0 Å². The van der Waals surface area contributed by atoms with Gasteiger partial charge in [0.15, 0.2) is 0 Å². The Morgan fingerprint density at radius 1 is 1.03 bits per heavy atom. The molecule has 3 heteroatoms. The van der Waals surface area contributed by atoms with Gasteiger partial charge >= 0.3 is 5.97 Å². The maximum Gasteiger partial charge on any atom is 0.340 e. The number of methoxy groups -OCH3 is 1. The van der Waals surface area contributed by atoms with E-state index >= 15 is 0 Å². The van der Waals surface area contributed by atoms with Gasteiger partial charge < -0.3 is 4.74 Å². The first-order valence-electron chi connectivity index (χ1n) is 10.2. The molecule has 0 spiro atoms. The van der Waals surface area contributed by atoms with Crippen LogP contribution < -0.4 is 0 Å². The maximum absolute atomic E-state index is 12.8. The van der Waals surface area contributed by atoms with Crippen molar-refractivity contribution < 1.29 is 9.53 Å². The maximum atomic E-state index is 12.8. The molecule has 4 rings (SSSR count). The number of benzene rings is 2. The van der Waals surface area contributed by atoms with Crippen molar-refractivity contribution >= 4 is 17.6 Å². The Morgan fingerprint density at radius 3 is 2.38 bits per heavy atom. The van der Waals surface area contributed by atoms with E-state index in [0.717, 1.165) is 47.3 Å². The lowest BCUT2D eigenvalue weighted by Crippen LogP contribution is -2.16. The van der Waals surface area contributed by atoms with Crippen LogP contribution in [-0.2, 0) is 17.6 Å². The molecule has 0 aliphatic heterocycles. The molecule has 0 fully saturated rings. The van der Waals surface area contributed by atoms with Crippen molar-refractivity contribution in [1.82, 2.24) is 4.98 Å². The van der Waals surface area contributed by atoms with E-state index in [1.54, 1.807) is 0 Å². The first-order chi connectivity index (χ1) is 14.2. The summed E-state index contributed by atoms with van der Waals surface area (Å²) in [4.78, 5) is 17.8. The number of esters is 1. The molecule has 0 amide bonds. The minimum atomic E-state index is -0.310. The predicted molar refractivity (Wildman–Crippen MR) is 118 cm³/mol. The molecular weight excluding hydrogens is 358 g/mol. The second-order valence-corrected chi connectivity index (χ2v) is 7.28. The first kappa shape index (κ1) is 19.1. The first-order valence-corrected chi connectivity index (χ1v) is 10.2. The Morgan fingerprint density at radius 2 is 1.72 bits per heavy atom. The zero-order valence-electron chi connectivity index (χ0n) is 16.9. The summed E-state index contributed by atoms with van der Waals surface area (Å²) in [7, 11) is 1.44. The van der Waals surface area contributed by atoms with Gasteiger partial charge in [-0.15, -0.1) is 0 Å². The van der Waals surface area contributed by atoms with Crippen LogP contribution in [-0.4, -0.2) is 18.1 Å². The normalized spacial score (nSPS) is 14.5. The van der Waals surface area contributed by atoms with Crippen LogP contribution in [0.2, 0.25) is 0 Å². The topological polar surface area (TPSA) is 39.2 Å². The van der Waals surface area contributed by atoms with Crippen LogP contribution in [0, 0.1) is 0 Å². The van der Waals surface area contributed by atoms with Gasteiger partial charge in [-0.05, 0) is 54.0 Å². The highest BCUT2D eigenvalue weighted by Crippen LogP contribution is 2.40. The third-order valence-electron chi connectivity index (χ3n) is 5.48. The van der Waals surface area contributed by atoms with Gasteiger partial charge in [0, 0.05) is 5.56 Å². The number of rotatable bonds is 4. The molecule has 146 valence electrons. The smallest absolute Gasteiger partial charge is 0.340 e. The molecule has 3 nitrogen and oxygen atoms in total. The Kier molecular flexibility index (Phi) is 5.57. The number of carbonyl (C=O) groups is 1. The zero-order valence-corrected chi connectivity index (χ0v) is 16.9. The molecule has 0 atom stereocenters. The Labute approximate surface area is 172 Å². The molecule has 1 aliphatic carbocycles. The summed E-state index contributed by atoms with van der Waals surface area (Å²) in [5, 5.41) is 0. The number of hydrogen-bond donors (Lipinski definition) is 0. The fraction of sp³-hybridized carbons (Fsp3) is 0.231. The van der Waals surface area contributed by atoms with Gasteiger partial charge in [-0.2, -0.15) is 0 Å². The van der Waals surface area contributed by atoms with Crippen molar-refractivity contribution in [2.45, 2.75) is 32.6 Å². The summed E-state index contributed by atoms with van der Waals surface area (Å²) < 4.78 is 5.16. The van der Waals surface area contributed by atoms with Gasteiger partial charge in [-0.1, -0.05) is 67.6 Å². The second-order valence-electron chi connectivity index (χ2n) is 7.28. The van der Waals surface area contributed by atoms with E-state index in [4.69, 9.17) is 9.72 Å². The van der Waals surface area contributed by atoms with Crippen molar-refractivity contribution in [3.63, 3.8) is 0 Å². The summed E-state index contributed by atoms with van der Waals surface area (Å²) >= 11 is 0. The van der Waals surface area contributed by atoms with Crippen LogP contribution in [0.4, 0.5) is 0 Å². The monoisotopic (exact) mass is 383 g/mol. The number of allylic oxidation sites excluding steroid dienone is 1. The lowest BCUT2D eigenvalue weighted by atomic mass is 9.82. The van der Waals surface area contributed by atoms with Gasteiger partial charge in [0.05, 0.1) is 24.1 Å². The van der Waals surface area contributed by atoms with Crippen LogP contribution in [0.3, 0.4) is 0 Å². The van der Waals surface area contributed by atoms with Gasteiger partial charge in [-0.25, -0.2) is 4.79 Å². The predicted octanol–water partition coefficient (Wildman–Crippen LogP) is 5.97. The third kappa shape index (κ3) is 3.73. The molecule has 1 heterocycles. The Hall–Kier alpha value is -3.20. The van der Waals surface area contributed by atoms with E-state index < -0.39 is 0 Å². The van der Waals surface area contributed by atoms with E-state index in [-0.39, 0.29) is 5.97 Å². The quantitative estimate of drug-likeness (QED) is 0.521. The minimum absolute atomic E-state index is 0.310. The minimum Gasteiger partial charge on any atom is -0.465 e. The number of ether oxygens (including phenoxy) is 1. The zero-order chi connectivity index (χ0) is 20.2. The molecule has 29 heavy (non-hydrogen) atoms. The molecule has 0 radical (unpaired) electrons. The number of hydrogen-bond acceptors (Lipinski definition) is 3. The van der Waals surface area contributed by atoms with Crippen LogP contribution in [0.1, 0.15) is 52.6 Å². The Balaban J connectivity index is 2.00. The highest BCUT2D eigenvalue weighted by molar-refractivity contribution is 6.01. The largest absolute Gasteiger partial charge is 0.465 e. The summed E-state index contributed by atoms with van der Waals surface area (Å²) in [6, 6.07) is 20.5. The number of aryl methyl sites for hydroxylation is 1. The molecule has 2 aromatic carbocycles. The molecule has 0 bridgehead atoms. The average molecular weight is 383 g/mol. The van der Waals surface area contributed by atoms with Crippen LogP contribution in [0.15, 0.2) is 60.7 Å². The standard InChI is InChI=1S/C26H25NO2/c1-3-22-24(26(28)29-2)23(19-13-8-5-9-14-19)21-16-10-15-20(25(21)27-22)17-18-11-6-4-7-12-18/h4-9,11-14,17H,3,10,15-16H2,1-2H3/b20-17+. The molecule has 3 aromatic rings. The molecule has 0 saturated heterocycles. The van der Waals surface area contributed by atoms with E-state index in [0.29, 0.717) is 12.0 Å². The van der Waals surface area contributed by atoms with Gasteiger partial charge in [0.25, 0.3) is 0 Å². The second kappa shape index (κ2) is 8.44. The summed E-state index contributed by atoms with van der Waals surface area (Å²) in [6.45, 7) is 2.04. The molecular formula is C26H25NO2. The van der Waals surface area contributed by atoms with Gasteiger partial charge in [-0.3, -0.25) is 4.98 Å². The van der Waals surface area contributed by atoms with Crippen molar-refractivity contribution in [1.29, 1.82) is 0 Å². The summed E-state index contributed by atoms with van der Waals surface area (Å²) in [5.41, 5.74) is 8.04. The number of pyridine rings is 1. The molecule has 0 N–H and O–H groups in total. The lowest BCUT2D eigenvalue weighted by molar-refractivity contribution is 0.0599. The third-order valence-corrected chi connectivity index (χ3v) is 5.48. The van der Waals surface area contributed by atoms with Crippen LogP contribution in [0.25, 0.3) is 22.8 Å². The van der Waals surface area contributed by atoms with Crippen LogP contribution in [0.5, 0.6) is 0 Å². The molecule has 0 unspecified atom stereocenters. The highest BCUT2D eigenvalue weighted by atomic mass is 16.5. The van der Waals surface area contributed by atoms with Crippen molar-refractivity contribution in [2.24, 2.45) is 0 Å². The van der Waals surface area contributed by atoms with E-state index in [9.17, 15) is 4.79 Å².